The minimum absolute atomic E-state index is 0.161. The van der Waals surface area contributed by atoms with E-state index in [2.05, 4.69) is 0 Å². The predicted molar refractivity (Wildman–Crippen MR) is 48.5 cm³/mol. The number of nitrogens with zero attached hydrogens (tertiary/aromatic N) is 1. The summed E-state index contributed by atoms with van der Waals surface area (Å²) in [6.07, 6.45) is -2.91. The molecule has 1 aromatic carbocycles. The topological polar surface area (TPSA) is 78.2 Å². The maximum absolute atomic E-state index is 12.6. The smallest absolute Gasteiger partial charge is 0.337 e. The number of aldehydes is 1. The molecule has 0 amide bonds. The molecular formula is C10H5F2NO3. The molecule has 0 bridgehead atoms. The first-order valence-electron chi connectivity index (χ1n) is 4.06. The quantitative estimate of drug-likeness (QED) is 0.798. The van der Waals surface area contributed by atoms with Crippen LogP contribution in [0.5, 0.6) is 0 Å². The summed E-state index contributed by atoms with van der Waals surface area (Å²) in [4.78, 5) is 21.2. The molecule has 0 saturated carbocycles. The van der Waals surface area contributed by atoms with Crippen LogP contribution in [-0.4, -0.2) is 17.4 Å². The molecule has 0 aliphatic carbocycles. The maximum atomic E-state index is 12.6. The van der Waals surface area contributed by atoms with Crippen LogP contribution in [0.3, 0.4) is 0 Å². The van der Waals surface area contributed by atoms with E-state index in [-0.39, 0.29) is 11.8 Å². The van der Waals surface area contributed by atoms with E-state index in [1.54, 1.807) is 0 Å². The number of nitriles is 1. The fourth-order valence-electron chi connectivity index (χ4n) is 1.27. The van der Waals surface area contributed by atoms with Crippen LogP contribution in [0.25, 0.3) is 0 Å². The molecule has 16 heavy (non-hydrogen) atoms. The summed E-state index contributed by atoms with van der Waals surface area (Å²) in [6, 6.07) is 3.29. The first-order chi connectivity index (χ1) is 7.52. The number of hydrogen-bond donors (Lipinski definition) is 1. The molecule has 0 radical (unpaired) electrons. The zero-order chi connectivity index (χ0) is 12.3. The van der Waals surface area contributed by atoms with Crippen molar-refractivity contribution in [3.8, 4) is 6.07 Å². The van der Waals surface area contributed by atoms with Crippen molar-refractivity contribution in [3.05, 3.63) is 34.4 Å². The number of rotatable bonds is 3. The molecule has 82 valence electrons. The van der Waals surface area contributed by atoms with Gasteiger partial charge in [-0.05, 0) is 6.07 Å². The molecule has 0 aromatic heterocycles. The largest absolute Gasteiger partial charge is 0.478 e. The molecule has 1 rings (SSSR count). The highest BCUT2D eigenvalue weighted by molar-refractivity contribution is 5.93. The summed E-state index contributed by atoms with van der Waals surface area (Å²) in [5.41, 5.74) is -2.43. The summed E-state index contributed by atoms with van der Waals surface area (Å²) in [5, 5.41) is 17.3. The normalized spacial score (nSPS) is 9.88. The Balaban J connectivity index is 3.64. The van der Waals surface area contributed by atoms with E-state index in [1.165, 1.54) is 6.07 Å². The lowest BCUT2D eigenvalue weighted by Crippen LogP contribution is -2.06. The van der Waals surface area contributed by atoms with Crippen LogP contribution in [0, 0.1) is 11.3 Å². The van der Waals surface area contributed by atoms with Crippen molar-refractivity contribution in [2.75, 3.05) is 0 Å². The highest BCUT2D eigenvalue weighted by Crippen LogP contribution is 2.28. The first kappa shape index (κ1) is 11.8. The fourth-order valence-corrected chi connectivity index (χ4v) is 1.27. The zero-order valence-corrected chi connectivity index (χ0v) is 7.78. The Bertz CT molecular complexity index is 492. The van der Waals surface area contributed by atoms with Crippen LogP contribution in [0.2, 0.25) is 0 Å². The van der Waals surface area contributed by atoms with Gasteiger partial charge in [0.2, 0.25) is 0 Å². The third kappa shape index (κ3) is 1.88. The van der Waals surface area contributed by atoms with Crippen LogP contribution >= 0.6 is 0 Å². The van der Waals surface area contributed by atoms with E-state index < -0.39 is 29.1 Å². The summed E-state index contributed by atoms with van der Waals surface area (Å²) < 4.78 is 25.2. The summed E-state index contributed by atoms with van der Waals surface area (Å²) >= 11 is 0. The van der Waals surface area contributed by atoms with Crippen LogP contribution in [0.15, 0.2) is 12.1 Å². The van der Waals surface area contributed by atoms with Crippen LogP contribution in [-0.2, 0) is 0 Å². The number of aromatic carboxylic acids is 1. The molecule has 0 fully saturated rings. The van der Waals surface area contributed by atoms with E-state index in [1.807, 2.05) is 0 Å². The molecule has 0 aliphatic rings. The van der Waals surface area contributed by atoms with Crippen molar-refractivity contribution in [1.82, 2.24) is 0 Å². The molecule has 0 spiro atoms. The predicted octanol–water partition coefficient (Wildman–Crippen LogP) is 2.01. The average molecular weight is 225 g/mol. The SMILES string of the molecule is N#Cc1c(C(=O)O)ccc(C=O)c1C(F)F. The molecule has 0 aliphatic heterocycles. The van der Waals surface area contributed by atoms with Gasteiger partial charge in [0, 0.05) is 11.1 Å². The Morgan fingerprint density at radius 1 is 1.50 bits per heavy atom. The second kappa shape index (κ2) is 4.49. The summed E-state index contributed by atoms with van der Waals surface area (Å²) in [5.74, 6) is -1.49. The Hall–Kier alpha value is -2.29. The van der Waals surface area contributed by atoms with Crippen molar-refractivity contribution in [2.24, 2.45) is 0 Å². The number of benzene rings is 1. The molecule has 6 heteroatoms. The van der Waals surface area contributed by atoms with E-state index in [0.29, 0.717) is 0 Å². The molecule has 1 aromatic rings. The van der Waals surface area contributed by atoms with Gasteiger partial charge in [0.1, 0.15) is 6.07 Å². The third-order valence-corrected chi connectivity index (χ3v) is 1.97. The minimum Gasteiger partial charge on any atom is -0.478 e. The molecule has 0 atom stereocenters. The van der Waals surface area contributed by atoms with E-state index in [4.69, 9.17) is 10.4 Å². The lowest BCUT2D eigenvalue weighted by Gasteiger charge is -2.08. The third-order valence-electron chi connectivity index (χ3n) is 1.97. The molecule has 0 heterocycles. The highest BCUT2D eigenvalue weighted by Gasteiger charge is 2.23. The Morgan fingerprint density at radius 3 is 2.50 bits per heavy atom. The van der Waals surface area contributed by atoms with Gasteiger partial charge in [0.25, 0.3) is 6.43 Å². The van der Waals surface area contributed by atoms with Crippen molar-refractivity contribution >= 4 is 12.3 Å². The molecule has 4 nitrogen and oxygen atoms in total. The lowest BCUT2D eigenvalue weighted by molar-refractivity contribution is 0.0695. The lowest BCUT2D eigenvalue weighted by atomic mass is 9.97. The van der Waals surface area contributed by atoms with Gasteiger partial charge < -0.3 is 5.11 Å². The van der Waals surface area contributed by atoms with E-state index in [9.17, 15) is 18.4 Å². The summed E-state index contributed by atoms with van der Waals surface area (Å²) in [7, 11) is 0. The number of alkyl halides is 2. The summed E-state index contributed by atoms with van der Waals surface area (Å²) in [6.45, 7) is 0. The number of carbonyl (C=O) groups is 2. The van der Waals surface area contributed by atoms with E-state index in [0.717, 1.165) is 12.1 Å². The van der Waals surface area contributed by atoms with Gasteiger partial charge in [-0.25, -0.2) is 13.6 Å². The number of carboxylic acids is 1. The fraction of sp³-hybridized carbons (Fsp3) is 0.100. The molecule has 1 N–H and O–H groups in total. The van der Waals surface area contributed by atoms with Crippen molar-refractivity contribution < 1.29 is 23.5 Å². The van der Waals surface area contributed by atoms with Gasteiger partial charge in [-0.1, -0.05) is 6.07 Å². The molecule has 0 unspecified atom stereocenters. The van der Waals surface area contributed by atoms with Crippen LogP contribution in [0.4, 0.5) is 8.78 Å². The van der Waals surface area contributed by atoms with Gasteiger partial charge >= 0.3 is 5.97 Å². The van der Waals surface area contributed by atoms with Crippen molar-refractivity contribution in [2.45, 2.75) is 6.43 Å². The van der Waals surface area contributed by atoms with Crippen molar-refractivity contribution in [1.29, 1.82) is 5.26 Å². The Morgan fingerprint density at radius 2 is 2.12 bits per heavy atom. The van der Waals surface area contributed by atoms with Gasteiger partial charge in [0.05, 0.1) is 11.1 Å². The number of carboxylic acid groups (broad SMARTS) is 1. The van der Waals surface area contributed by atoms with Gasteiger partial charge in [-0.3, -0.25) is 4.79 Å². The van der Waals surface area contributed by atoms with Gasteiger partial charge in [-0.2, -0.15) is 5.26 Å². The minimum atomic E-state index is -3.07. The Labute approximate surface area is 88.7 Å². The molecular weight excluding hydrogens is 220 g/mol. The Kier molecular flexibility index (Phi) is 3.30. The average Bonchev–Trinajstić information content (AvgIpc) is 2.26. The van der Waals surface area contributed by atoms with Gasteiger partial charge in [0.15, 0.2) is 6.29 Å². The zero-order valence-electron chi connectivity index (χ0n) is 7.78. The highest BCUT2D eigenvalue weighted by atomic mass is 19.3. The second-order valence-electron chi connectivity index (χ2n) is 2.83. The maximum Gasteiger partial charge on any atom is 0.337 e. The van der Waals surface area contributed by atoms with E-state index >= 15 is 0 Å². The van der Waals surface area contributed by atoms with Crippen molar-refractivity contribution in [3.63, 3.8) is 0 Å². The molecule has 0 saturated heterocycles. The standard InChI is InChI=1S/C10H5F2NO3/c11-9(12)8-5(4-14)1-2-6(10(15)16)7(8)3-13/h1-2,4,9H,(H,15,16). The van der Waals surface area contributed by atoms with Gasteiger partial charge in [-0.15, -0.1) is 0 Å². The van der Waals surface area contributed by atoms with Crippen LogP contribution in [0.1, 0.15) is 38.3 Å². The number of halogens is 2. The monoisotopic (exact) mass is 225 g/mol. The number of carbonyl (C=O) groups excluding carboxylic acids is 1. The second-order valence-corrected chi connectivity index (χ2v) is 2.83. The first-order valence-corrected chi connectivity index (χ1v) is 4.06. The number of hydrogen-bond acceptors (Lipinski definition) is 3. The van der Waals surface area contributed by atoms with Crippen LogP contribution < -0.4 is 0 Å².